The van der Waals surface area contributed by atoms with E-state index in [1.54, 1.807) is 7.11 Å². The minimum Gasteiger partial charge on any atom is -0.383 e. The van der Waals surface area contributed by atoms with Crippen molar-refractivity contribution in [3.63, 3.8) is 0 Å². The summed E-state index contributed by atoms with van der Waals surface area (Å²) in [5.41, 5.74) is 3.50. The number of nitrogens with zero attached hydrogens (tertiary/aromatic N) is 2. The van der Waals surface area contributed by atoms with Gasteiger partial charge in [0.25, 0.3) is 0 Å². The number of carbonyl (C=O) groups excluding carboxylic acids is 1. The third kappa shape index (κ3) is 5.31. The highest BCUT2D eigenvalue weighted by atomic mass is 16.5. The molecule has 5 heteroatoms. The van der Waals surface area contributed by atoms with E-state index in [1.807, 2.05) is 30.0 Å². The number of nitrogens with one attached hydrogen (secondary N) is 1. The van der Waals surface area contributed by atoms with Crippen LogP contribution in [-0.2, 0) is 4.74 Å². The molecule has 1 N–H and O–H groups in total. The summed E-state index contributed by atoms with van der Waals surface area (Å²) in [7, 11) is 1.72. The number of carbonyl (C=O) groups is 1. The molecule has 3 rings (SSSR count). The second-order valence-electron chi connectivity index (χ2n) is 6.98. The fraction of sp³-hybridized carbons (Fsp3) is 0.409. The van der Waals surface area contributed by atoms with Gasteiger partial charge in [0.2, 0.25) is 0 Å². The molecule has 0 unspecified atom stereocenters. The van der Waals surface area contributed by atoms with Gasteiger partial charge in [-0.3, -0.25) is 4.90 Å². The average Bonchev–Trinajstić information content (AvgIpc) is 2.73. The number of amides is 2. The molecule has 2 aromatic rings. The van der Waals surface area contributed by atoms with E-state index in [9.17, 15) is 4.79 Å². The van der Waals surface area contributed by atoms with Crippen LogP contribution in [0.3, 0.4) is 0 Å². The summed E-state index contributed by atoms with van der Waals surface area (Å²) >= 11 is 0. The molecule has 1 aliphatic heterocycles. The number of piperazine rings is 1. The smallest absolute Gasteiger partial charge is 0.317 e. The van der Waals surface area contributed by atoms with Gasteiger partial charge in [-0.25, -0.2) is 4.79 Å². The Morgan fingerprint density at radius 2 is 1.63 bits per heavy atom. The van der Waals surface area contributed by atoms with Crippen molar-refractivity contribution in [2.24, 2.45) is 0 Å². The average molecular weight is 367 g/mol. The lowest BCUT2D eigenvalue weighted by molar-refractivity contribution is 0.105. The van der Waals surface area contributed by atoms with Crippen LogP contribution in [0.1, 0.15) is 18.5 Å². The Hall–Kier alpha value is -2.37. The van der Waals surface area contributed by atoms with E-state index in [0.717, 1.165) is 44.9 Å². The van der Waals surface area contributed by atoms with Crippen LogP contribution in [0.15, 0.2) is 54.6 Å². The summed E-state index contributed by atoms with van der Waals surface area (Å²) in [6.07, 6.45) is 0. The standard InChI is InChI=1S/C22H29N3O2/c1-18(19-8-10-21(11-9-19)20-6-4-3-5-7-20)23-22(26)25-14-12-24(13-15-25)16-17-27-2/h3-11,18H,12-17H2,1-2H3,(H,23,26)/t18-/m0/s1. The van der Waals surface area contributed by atoms with Gasteiger partial charge >= 0.3 is 6.03 Å². The SMILES string of the molecule is COCCN1CCN(C(=O)N[C@@H](C)c2ccc(-c3ccccc3)cc2)CC1. The minimum absolute atomic E-state index is 0.0148. The number of ether oxygens (including phenoxy) is 1. The van der Waals surface area contributed by atoms with Crippen molar-refractivity contribution >= 4 is 6.03 Å². The summed E-state index contributed by atoms with van der Waals surface area (Å²) in [5.74, 6) is 0. The van der Waals surface area contributed by atoms with Gasteiger partial charge in [-0.15, -0.1) is 0 Å². The monoisotopic (exact) mass is 367 g/mol. The Balaban J connectivity index is 1.51. The molecule has 2 aromatic carbocycles. The van der Waals surface area contributed by atoms with Gasteiger partial charge in [0.15, 0.2) is 0 Å². The largest absolute Gasteiger partial charge is 0.383 e. The molecule has 1 fully saturated rings. The summed E-state index contributed by atoms with van der Waals surface area (Å²) in [6, 6.07) is 18.7. The maximum Gasteiger partial charge on any atom is 0.317 e. The number of methoxy groups -OCH3 is 1. The number of rotatable bonds is 6. The summed E-state index contributed by atoms with van der Waals surface area (Å²) in [5, 5.41) is 3.13. The third-order valence-electron chi connectivity index (χ3n) is 5.13. The highest BCUT2D eigenvalue weighted by Gasteiger charge is 2.22. The van der Waals surface area contributed by atoms with Crippen LogP contribution in [0.4, 0.5) is 4.79 Å². The van der Waals surface area contributed by atoms with E-state index in [2.05, 4.69) is 46.6 Å². The van der Waals surface area contributed by atoms with Gasteiger partial charge in [0, 0.05) is 39.8 Å². The molecule has 0 radical (unpaired) electrons. The predicted molar refractivity (Wildman–Crippen MR) is 109 cm³/mol. The normalized spacial score (nSPS) is 16.1. The molecular weight excluding hydrogens is 338 g/mol. The highest BCUT2D eigenvalue weighted by molar-refractivity contribution is 5.75. The Labute approximate surface area is 161 Å². The first-order valence-electron chi connectivity index (χ1n) is 9.59. The van der Waals surface area contributed by atoms with E-state index in [0.29, 0.717) is 0 Å². The van der Waals surface area contributed by atoms with E-state index in [-0.39, 0.29) is 12.1 Å². The lowest BCUT2D eigenvalue weighted by atomic mass is 10.0. The quantitative estimate of drug-likeness (QED) is 0.851. The molecule has 2 amide bonds. The number of urea groups is 1. The fourth-order valence-corrected chi connectivity index (χ4v) is 3.35. The molecule has 0 bridgehead atoms. The first-order chi connectivity index (χ1) is 13.2. The summed E-state index contributed by atoms with van der Waals surface area (Å²) in [6.45, 7) is 7.01. The van der Waals surface area contributed by atoms with Crippen molar-refractivity contribution < 1.29 is 9.53 Å². The Kier molecular flexibility index (Phi) is 6.85. The first kappa shape index (κ1) is 19.4. The maximum atomic E-state index is 12.6. The Morgan fingerprint density at radius 1 is 1.00 bits per heavy atom. The second kappa shape index (κ2) is 9.53. The van der Waals surface area contributed by atoms with Gasteiger partial charge in [-0.1, -0.05) is 54.6 Å². The van der Waals surface area contributed by atoms with Crippen LogP contribution in [0.5, 0.6) is 0 Å². The molecule has 144 valence electrons. The maximum absolute atomic E-state index is 12.6. The molecule has 0 aromatic heterocycles. The molecule has 1 heterocycles. The number of hydrogen-bond acceptors (Lipinski definition) is 3. The molecular formula is C22H29N3O2. The van der Waals surface area contributed by atoms with Crippen LogP contribution < -0.4 is 5.32 Å². The molecule has 0 saturated carbocycles. The van der Waals surface area contributed by atoms with Gasteiger partial charge in [0.05, 0.1) is 12.6 Å². The van der Waals surface area contributed by atoms with E-state index in [1.165, 1.54) is 11.1 Å². The van der Waals surface area contributed by atoms with Crippen molar-refractivity contribution in [1.29, 1.82) is 0 Å². The van der Waals surface area contributed by atoms with Crippen LogP contribution in [0.25, 0.3) is 11.1 Å². The lowest BCUT2D eigenvalue weighted by Crippen LogP contribution is -2.52. The number of benzene rings is 2. The van der Waals surface area contributed by atoms with Crippen molar-refractivity contribution in [2.45, 2.75) is 13.0 Å². The number of hydrogen-bond donors (Lipinski definition) is 1. The minimum atomic E-state index is -0.0196. The van der Waals surface area contributed by atoms with Crippen LogP contribution in [0.2, 0.25) is 0 Å². The molecule has 1 saturated heterocycles. The molecule has 1 aliphatic rings. The van der Waals surface area contributed by atoms with Crippen molar-refractivity contribution in [3.8, 4) is 11.1 Å². The van der Waals surface area contributed by atoms with Gasteiger partial charge in [-0.05, 0) is 23.6 Å². The zero-order valence-corrected chi connectivity index (χ0v) is 16.2. The molecule has 0 aliphatic carbocycles. The predicted octanol–water partition coefficient (Wildman–Crippen LogP) is 3.39. The molecule has 0 spiro atoms. The molecule has 27 heavy (non-hydrogen) atoms. The van der Waals surface area contributed by atoms with Crippen LogP contribution >= 0.6 is 0 Å². The van der Waals surface area contributed by atoms with Gasteiger partial charge in [0.1, 0.15) is 0 Å². The van der Waals surface area contributed by atoms with Crippen LogP contribution in [0, 0.1) is 0 Å². The van der Waals surface area contributed by atoms with Crippen LogP contribution in [-0.4, -0.2) is 62.3 Å². The van der Waals surface area contributed by atoms with E-state index < -0.39 is 0 Å². The van der Waals surface area contributed by atoms with Crippen molar-refractivity contribution in [2.75, 3.05) is 46.4 Å². The Bertz CT molecular complexity index is 710. The molecule has 5 nitrogen and oxygen atoms in total. The fourth-order valence-electron chi connectivity index (χ4n) is 3.35. The van der Waals surface area contributed by atoms with Gasteiger partial charge in [-0.2, -0.15) is 0 Å². The van der Waals surface area contributed by atoms with Crippen molar-refractivity contribution in [1.82, 2.24) is 15.1 Å². The summed E-state index contributed by atoms with van der Waals surface area (Å²) < 4.78 is 5.12. The first-order valence-corrected chi connectivity index (χ1v) is 9.59. The zero-order valence-electron chi connectivity index (χ0n) is 16.2. The highest BCUT2D eigenvalue weighted by Crippen LogP contribution is 2.22. The summed E-state index contributed by atoms with van der Waals surface area (Å²) in [4.78, 5) is 16.8. The van der Waals surface area contributed by atoms with E-state index >= 15 is 0 Å². The Morgan fingerprint density at radius 3 is 2.26 bits per heavy atom. The topological polar surface area (TPSA) is 44.8 Å². The van der Waals surface area contributed by atoms with Gasteiger partial charge < -0.3 is 15.0 Å². The lowest BCUT2D eigenvalue weighted by Gasteiger charge is -2.35. The third-order valence-corrected chi connectivity index (χ3v) is 5.13. The second-order valence-corrected chi connectivity index (χ2v) is 6.98. The zero-order chi connectivity index (χ0) is 19.1. The van der Waals surface area contributed by atoms with E-state index in [4.69, 9.17) is 4.74 Å². The van der Waals surface area contributed by atoms with Crippen molar-refractivity contribution in [3.05, 3.63) is 60.2 Å². The molecule has 1 atom stereocenters.